The van der Waals surface area contributed by atoms with Crippen molar-refractivity contribution in [1.82, 2.24) is 5.32 Å². The molecule has 1 fully saturated rings. The predicted octanol–water partition coefficient (Wildman–Crippen LogP) is 2.23. The van der Waals surface area contributed by atoms with Gasteiger partial charge in [-0.25, -0.2) is 0 Å². The van der Waals surface area contributed by atoms with Gasteiger partial charge in [-0.15, -0.1) is 0 Å². The molecule has 1 saturated heterocycles. The first-order valence-electron chi connectivity index (χ1n) is 5.45. The third kappa shape index (κ3) is 2.60. The van der Waals surface area contributed by atoms with Crippen LogP contribution in [0.2, 0.25) is 0 Å². The average Bonchev–Trinajstić information content (AvgIpc) is 2.81. The van der Waals surface area contributed by atoms with Gasteiger partial charge in [0.25, 0.3) is 0 Å². The maximum atomic E-state index is 5.89. The number of nitrogens with one attached hydrogen (secondary N) is 1. The third-order valence-corrected chi connectivity index (χ3v) is 2.81. The Morgan fingerprint density at radius 2 is 2.20 bits per heavy atom. The number of hydrogen-bond donors (Lipinski definition) is 1. The second-order valence-corrected chi connectivity index (χ2v) is 3.88. The normalized spacial score (nSPS) is 22.3. The summed E-state index contributed by atoms with van der Waals surface area (Å²) in [6.07, 6.45) is 3.20. The zero-order valence-electron chi connectivity index (χ0n) is 8.86. The molecule has 80 valence electrons. The third-order valence-electron chi connectivity index (χ3n) is 2.81. The van der Waals surface area contributed by atoms with E-state index in [0.29, 0.717) is 5.92 Å². The molecule has 1 N–H and O–H groups in total. The van der Waals surface area contributed by atoms with Crippen LogP contribution < -0.4 is 10.1 Å². The Hall–Kier alpha value is -1.28. The SMILES string of the molecule is C=CC(Oc1ccccc1)C1CCNC1. The zero-order valence-corrected chi connectivity index (χ0v) is 8.86. The van der Waals surface area contributed by atoms with Gasteiger partial charge < -0.3 is 10.1 Å². The molecule has 0 aromatic heterocycles. The Balaban J connectivity index is 1.99. The summed E-state index contributed by atoms with van der Waals surface area (Å²) >= 11 is 0. The number of rotatable bonds is 4. The molecule has 15 heavy (non-hydrogen) atoms. The van der Waals surface area contributed by atoms with Crippen LogP contribution >= 0.6 is 0 Å². The van der Waals surface area contributed by atoms with Gasteiger partial charge >= 0.3 is 0 Å². The van der Waals surface area contributed by atoms with E-state index in [2.05, 4.69) is 11.9 Å². The second kappa shape index (κ2) is 4.99. The molecule has 2 heteroatoms. The largest absolute Gasteiger partial charge is 0.486 e. The van der Waals surface area contributed by atoms with E-state index in [0.717, 1.165) is 18.8 Å². The van der Waals surface area contributed by atoms with E-state index in [1.54, 1.807) is 0 Å². The Morgan fingerprint density at radius 1 is 1.40 bits per heavy atom. The summed E-state index contributed by atoms with van der Waals surface area (Å²) in [6.45, 7) is 5.97. The number of para-hydroxylation sites is 1. The highest BCUT2D eigenvalue weighted by atomic mass is 16.5. The van der Waals surface area contributed by atoms with Crippen molar-refractivity contribution in [1.29, 1.82) is 0 Å². The number of hydrogen-bond acceptors (Lipinski definition) is 2. The number of ether oxygens (including phenoxy) is 1. The van der Waals surface area contributed by atoms with Gasteiger partial charge in [-0.1, -0.05) is 30.9 Å². The van der Waals surface area contributed by atoms with Crippen LogP contribution in [0.25, 0.3) is 0 Å². The Labute approximate surface area is 91.0 Å². The van der Waals surface area contributed by atoms with Crippen LogP contribution in [-0.4, -0.2) is 19.2 Å². The lowest BCUT2D eigenvalue weighted by Gasteiger charge is -2.20. The molecule has 1 aliphatic rings. The molecule has 1 aromatic carbocycles. The van der Waals surface area contributed by atoms with Crippen LogP contribution in [0.3, 0.4) is 0 Å². The summed E-state index contributed by atoms with van der Waals surface area (Å²) < 4.78 is 5.89. The fourth-order valence-electron chi connectivity index (χ4n) is 1.95. The van der Waals surface area contributed by atoms with Crippen LogP contribution in [0, 0.1) is 5.92 Å². The summed E-state index contributed by atoms with van der Waals surface area (Å²) in [7, 11) is 0. The van der Waals surface area contributed by atoms with Gasteiger partial charge in [-0.2, -0.15) is 0 Å². The first-order chi connectivity index (χ1) is 7.40. The molecule has 0 aliphatic carbocycles. The molecular weight excluding hydrogens is 186 g/mol. The van der Waals surface area contributed by atoms with Crippen LogP contribution in [0.4, 0.5) is 0 Å². The summed E-state index contributed by atoms with van der Waals surface area (Å²) in [5, 5.41) is 3.35. The maximum Gasteiger partial charge on any atom is 0.121 e. The van der Waals surface area contributed by atoms with Crippen LogP contribution in [0.15, 0.2) is 43.0 Å². The summed E-state index contributed by atoms with van der Waals surface area (Å²) in [5.74, 6) is 1.48. The molecule has 2 atom stereocenters. The summed E-state index contributed by atoms with van der Waals surface area (Å²) in [5.41, 5.74) is 0. The van der Waals surface area contributed by atoms with E-state index in [1.165, 1.54) is 6.42 Å². The molecule has 1 aromatic rings. The summed E-state index contributed by atoms with van der Waals surface area (Å²) in [6, 6.07) is 9.94. The fourth-order valence-corrected chi connectivity index (χ4v) is 1.95. The monoisotopic (exact) mass is 203 g/mol. The molecule has 2 nitrogen and oxygen atoms in total. The highest BCUT2D eigenvalue weighted by Crippen LogP contribution is 2.20. The van der Waals surface area contributed by atoms with Gasteiger partial charge in [0, 0.05) is 12.5 Å². The van der Waals surface area contributed by atoms with Crippen LogP contribution in [-0.2, 0) is 0 Å². The number of benzene rings is 1. The Morgan fingerprint density at radius 3 is 2.80 bits per heavy atom. The van der Waals surface area contributed by atoms with Gasteiger partial charge in [-0.05, 0) is 25.1 Å². The molecule has 2 rings (SSSR count). The summed E-state index contributed by atoms with van der Waals surface area (Å²) in [4.78, 5) is 0. The van der Waals surface area contributed by atoms with Crippen molar-refractivity contribution in [2.24, 2.45) is 5.92 Å². The van der Waals surface area contributed by atoms with E-state index in [-0.39, 0.29) is 6.10 Å². The molecular formula is C13H17NO. The quantitative estimate of drug-likeness (QED) is 0.758. The molecule has 0 radical (unpaired) electrons. The minimum Gasteiger partial charge on any atom is -0.486 e. The second-order valence-electron chi connectivity index (χ2n) is 3.88. The lowest BCUT2D eigenvalue weighted by Crippen LogP contribution is -2.26. The Kier molecular flexibility index (Phi) is 3.41. The van der Waals surface area contributed by atoms with E-state index in [9.17, 15) is 0 Å². The molecule has 0 saturated carbocycles. The van der Waals surface area contributed by atoms with Crippen LogP contribution in [0.5, 0.6) is 5.75 Å². The van der Waals surface area contributed by atoms with Crippen molar-refractivity contribution in [2.75, 3.05) is 13.1 Å². The van der Waals surface area contributed by atoms with Gasteiger partial charge in [0.2, 0.25) is 0 Å². The lowest BCUT2D eigenvalue weighted by molar-refractivity contribution is 0.188. The van der Waals surface area contributed by atoms with Crippen LogP contribution in [0.1, 0.15) is 6.42 Å². The van der Waals surface area contributed by atoms with E-state index in [4.69, 9.17) is 4.74 Å². The van der Waals surface area contributed by atoms with Crippen molar-refractivity contribution in [2.45, 2.75) is 12.5 Å². The first-order valence-corrected chi connectivity index (χ1v) is 5.45. The van der Waals surface area contributed by atoms with Gasteiger partial charge in [0.05, 0.1) is 0 Å². The minimum absolute atomic E-state index is 0.127. The van der Waals surface area contributed by atoms with E-state index >= 15 is 0 Å². The highest BCUT2D eigenvalue weighted by molar-refractivity contribution is 5.22. The maximum absolute atomic E-state index is 5.89. The minimum atomic E-state index is 0.127. The van der Waals surface area contributed by atoms with Crippen molar-refractivity contribution in [3.05, 3.63) is 43.0 Å². The molecule has 0 amide bonds. The van der Waals surface area contributed by atoms with Crippen molar-refractivity contribution in [3.8, 4) is 5.75 Å². The standard InChI is InChI=1S/C13H17NO/c1-2-13(11-8-9-14-10-11)15-12-6-4-3-5-7-12/h2-7,11,13-14H,1,8-10H2. The lowest BCUT2D eigenvalue weighted by atomic mass is 10.0. The fraction of sp³-hybridized carbons (Fsp3) is 0.385. The molecule has 2 unspecified atom stereocenters. The Bertz CT molecular complexity index is 304. The smallest absolute Gasteiger partial charge is 0.121 e. The van der Waals surface area contributed by atoms with Crippen molar-refractivity contribution >= 4 is 0 Å². The topological polar surface area (TPSA) is 21.3 Å². The van der Waals surface area contributed by atoms with Gasteiger partial charge in [0.1, 0.15) is 11.9 Å². The molecule has 1 aliphatic heterocycles. The molecule has 0 spiro atoms. The van der Waals surface area contributed by atoms with Gasteiger partial charge in [0.15, 0.2) is 0 Å². The first kappa shape index (κ1) is 10.2. The van der Waals surface area contributed by atoms with E-state index < -0.39 is 0 Å². The highest BCUT2D eigenvalue weighted by Gasteiger charge is 2.23. The molecule has 0 bridgehead atoms. The van der Waals surface area contributed by atoms with Crippen molar-refractivity contribution in [3.63, 3.8) is 0 Å². The van der Waals surface area contributed by atoms with Gasteiger partial charge in [-0.3, -0.25) is 0 Å². The molecule has 1 heterocycles. The van der Waals surface area contributed by atoms with Crippen molar-refractivity contribution < 1.29 is 4.74 Å². The zero-order chi connectivity index (χ0) is 10.5. The van der Waals surface area contributed by atoms with E-state index in [1.807, 2.05) is 36.4 Å². The predicted molar refractivity (Wildman–Crippen MR) is 62.0 cm³/mol. The average molecular weight is 203 g/mol.